The SMILES string of the molecule is NC1C2CCC(C2)C1C(=O)Cc1c(Cl)cccc1Cl. The van der Waals surface area contributed by atoms with Gasteiger partial charge in [-0.05, 0) is 48.8 Å². The smallest absolute Gasteiger partial charge is 0.142 e. The summed E-state index contributed by atoms with van der Waals surface area (Å²) in [4.78, 5) is 12.5. The lowest BCUT2D eigenvalue weighted by molar-refractivity contribution is -0.124. The molecule has 0 spiro atoms. The largest absolute Gasteiger partial charge is 0.327 e. The summed E-state index contributed by atoms with van der Waals surface area (Å²) < 4.78 is 0. The van der Waals surface area contributed by atoms with E-state index in [-0.39, 0.29) is 17.7 Å². The van der Waals surface area contributed by atoms with E-state index in [0.29, 0.717) is 28.3 Å². The molecule has 2 saturated carbocycles. The highest BCUT2D eigenvalue weighted by Gasteiger charge is 2.48. The minimum atomic E-state index is 0.00564. The summed E-state index contributed by atoms with van der Waals surface area (Å²) in [5, 5.41) is 1.13. The van der Waals surface area contributed by atoms with Crippen molar-refractivity contribution in [2.45, 2.75) is 31.7 Å². The second kappa shape index (κ2) is 5.08. The van der Waals surface area contributed by atoms with E-state index >= 15 is 0 Å². The van der Waals surface area contributed by atoms with E-state index < -0.39 is 0 Å². The Morgan fingerprint density at radius 1 is 1.21 bits per heavy atom. The third kappa shape index (κ3) is 2.31. The van der Waals surface area contributed by atoms with E-state index in [1.165, 1.54) is 6.42 Å². The van der Waals surface area contributed by atoms with Gasteiger partial charge in [0.1, 0.15) is 5.78 Å². The normalized spacial score (nSPS) is 32.8. The standard InChI is InChI=1S/C15H17Cl2NO/c16-11-2-1-3-12(17)10(11)7-13(19)14-8-4-5-9(6-8)15(14)18/h1-3,8-9,14-15H,4-7,18H2. The highest BCUT2D eigenvalue weighted by Crippen LogP contribution is 2.48. The van der Waals surface area contributed by atoms with Crippen molar-refractivity contribution in [2.24, 2.45) is 23.5 Å². The molecule has 2 nitrogen and oxygen atoms in total. The van der Waals surface area contributed by atoms with E-state index in [0.717, 1.165) is 18.4 Å². The first-order chi connectivity index (χ1) is 9.08. The summed E-state index contributed by atoms with van der Waals surface area (Å²) in [7, 11) is 0. The first-order valence-corrected chi connectivity index (χ1v) is 7.54. The van der Waals surface area contributed by atoms with Gasteiger partial charge in [-0.1, -0.05) is 29.3 Å². The quantitative estimate of drug-likeness (QED) is 0.928. The fourth-order valence-electron chi connectivity index (χ4n) is 3.81. The lowest BCUT2D eigenvalue weighted by atomic mass is 9.80. The predicted octanol–water partition coefficient (Wildman–Crippen LogP) is 3.48. The highest BCUT2D eigenvalue weighted by molar-refractivity contribution is 6.36. The molecule has 4 unspecified atom stereocenters. The number of hydrogen-bond donors (Lipinski definition) is 1. The molecule has 0 radical (unpaired) electrons. The zero-order valence-corrected chi connectivity index (χ0v) is 12.1. The predicted molar refractivity (Wildman–Crippen MR) is 77.5 cm³/mol. The molecule has 1 aromatic carbocycles. The van der Waals surface area contributed by atoms with Crippen LogP contribution >= 0.6 is 23.2 Å². The number of rotatable bonds is 3. The minimum Gasteiger partial charge on any atom is -0.327 e. The van der Waals surface area contributed by atoms with Crippen LogP contribution in [0.1, 0.15) is 24.8 Å². The molecule has 0 aromatic heterocycles. The Morgan fingerprint density at radius 2 is 1.84 bits per heavy atom. The summed E-state index contributed by atoms with van der Waals surface area (Å²) in [6, 6.07) is 5.38. The van der Waals surface area contributed by atoms with Crippen molar-refractivity contribution in [3.63, 3.8) is 0 Å². The molecule has 0 saturated heterocycles. The van der Waals surface area contributed by atoms with Gasteiger partial charge in [-0.2, -0.15) is 0 Å². The van der Waals surface area contributed by atoms with Crippen molar-refractivity contribution in [2.75, 3.05) is 0 Å². The first-order valence-electron chi connectivity index (χ1n) is 6.79. The average molecular weight is 298 g/mol. The molecular formula is C15H17Cl2NO. The second-order valence-electron chi connectivity index (χ2n) is 5.78. The second-order valence-corrected chi connectivity index (χ2v) is 6.59. The topological polar surface area (TPSA) is 43.1 Å². The monoisotopic (exact) mass is 297 g/mol. The molecule has 1 aromatic rings. The Kier molecular flexibility index (Phi) is 3.59. The van der Waals surface area contributed by atoms with Crippen LogP contribution in [0.2, 0.25) is 10.0 Å². The van der Waals surface area contributed by atoms with Crippen molar-refractivity contribution >= 4 is 29.0 Å². The summed E-state index contributed by atoms with van der Waals surface area (Å²) in [5.74, 6) is 1.23. The zero-order valence-electron chi connectivity index (χ0n) is 10.6. The molecule has 0 heterocycles. The Hall–Kier alpha value is -0.570. The molecule has 102 valence electrons. The number of hydrogen-bond acceptors (Lipinski definition) is 2. The van der Waals surface area contributed by atoms with Crippen molar-refractivity contribution in [3.8, 4) is 0 Å². The Morgan fingerprint density at radius 3 is 2.42 bits per heavy atom. The van der Waals surface area contributed by atoms with Gasteiger partial charge in [-0.15, -0.1) is 0 Å². The number of ketones is 1. The summed E-state index contributed by atoms with van der Waals surface area (Å²) in [5.41, 5.74) is 6.95. The van der Waals surface area contributed by atoms with Gasteiger partial charge in [0, 0.05) is 28.4 Å². The molecule has 19 heavy (non-hydrogen) atoms. The van der Waals surface area contributed by atoms with Gasteiger partial charge in [0.05, 0.1) is 0 Å². The number of benzene rings is 1. The van der Waals surface area contributed by atoms with Crippen molar-refractivity contribution in [1.29, 1.82) is 0 Å². The molecule has 2 aliphatic carbocycles. The Balaban J connectivity index is 1.79. The van der Waals surface area contributed by atoms with Gasteiger partial charge in [-0.25, -0.2) is 0 Å². The van der Waals surface area contributed by atoms with Crippen LogP contribution in [-0.2, 0) is 11.2 Å². The van der Waals surface area contributed by atoms with Crippen LogP contribution in [0.4, 0.5) is 0 Å². The Labute approximate surface area is 123 Å². The number of fused-ring (bicyclic) bond motifs is 2. The van der Waals surface area contributed by atoms with Crippen LogP contribution in [0.3, 0.4) is 0 Å². The lowest BCUT2D eigenvalue weighted by Gasteiger charge is -2.27. The van der Waals surface area contributed by atoms with E-state index in [9.17, 15) is 4.79 Å². The van der Waals surface area contributed by atoms with Gasteiger partial charge in [0.25, 0.3) is 0 Å². The van der Waals surface area contributed by atoms with Crippen LogP contribution in [-0.4, -0.2) is 11.8 Å². The van der Waals surface area contributed by atoms with Gasteiger partial charge in [0.15, 0.2) is 0 Å². The first kappa shape index (κ1) is 13.4. The molecule has 2 fully saturated rings. The third-order valence-electron chi connectivity index (χ3n) is 4.77. The van der Waals surface area contributed by atoms with Crippen LogP contribution in [0.15, 0.2) is 18.2 Å². The van der Waals surface area contributed by atoms with Crippen molar-refractivity contribution < 1.29 is 4.79 Å². The molecular weight excluding hydrogens is 281 g/mol. The summed E-state index contributed by atoms with van der Waals surface area (Å²) in [6.45, 7) is 0. The van der Waals surface area contributed by atoms with Crippen LogP contribution in [0.25, 0.3) is 0 Å². The van der Waals surface area contributed by atoms with Crippen molar-refractivity contribution in [1.82, 2.24) is 0 Å². The fraction of sp³-hybridized carbons (Fsp3) is 0.533. The number of carbonyl (C=O) groups excluding carboxylic acids is 1. The number of carbonyl (C=O) groups is 1. The van der Waals surface area contributed by atoms with Gasteiger partial charge in [0.2, 0.25) is 0 Å². The summed E-state index contributed by atoms with van der Waals surface area (Å²) in [6.07, 6.45) is 3.75. The Bertz CT molecular complexity index is 495. The molecule has 4 atom stereocenters. The van der Waals surface area contributed by atoms with Gasteiger partial charge < -0.3 is 5.73 Å². The molecule has 4 heteroatoms. The maximum atomic E-state index is 12.5. The number of nitrogens with two attached hydrogens (primary N) is 1. The van der Waals surface area contributed by atoms with Crippen LogP contribution in [0.5, 0.6) is 0 Å². The maximum Gasteiger partial charge on any atom is 0.142 e. The molecule has 2 bridgehead atoms. The van der Waals surface area contributed by atoms with E-state index in [1.807, 2.05) is 0 Å². The fourth-order valence-corrected chi connectivity index (χ4v) is 4.34. The third-order valence-corrected chi connectivity index (χ3v) is 5.47. The van der Waals surface area contributed by atoms with Gasteiger partial charge >= 0.3 is 0 Å². The minimum absolute atomic E-state index is 0.00564. The van der Waals surface area contributed by atoms with E-state index in [2.05, 4.69) is 0 Å². The average Bonchev–Trinajstić information content (AvgIpc) is 2.94. The molecule has 0 aliphatic heterocycles. The van der Waals surface area contributed by atoms with E-state index in [1.54, 1.807) is 18.2 Å². The molecule has 2 N–H and O–H groups in total. The molecule has 0 amide bonds. The van der Waals surface area contributed by atoms with Crippen LogP contribution < -0.4 is 5.73 Å². The van der Waals surface area contributed by atoms with Gasteiger partial charge in [-0.3, -0.25) is 4.79 Å². The zero-order chi connectivity index (χ0) is 13.6. The highest BCUT2D eigenvalue weighted by atomic mass is 35.5. The van der Waals surface area contributed by atoms with Crippen LogP contribution in [0, 0.1) is 17.8 Å². The van der Waals surface area contributed by atoms with Crippen molar-refractivity contribution in [3.05, 3.63) is 33.8 Å². The number of halogens is 2. The van der Waals surface area contributed by atoms with E-state index in [4.69, 9.17) is 28.9 Å². The lowest BCUT2D eigenvalue weighted by Crippen LogP contribution is -2.40. The molecule has 2 aliphatic rings. The molecule has 3 rings (SSSR count). The summed E-state index contributed by atoms with van der Waals surface area (Å²) >= 11 is 12.3. The number of Topliss-reactive ketones (excluding diaryl/α,β-unsaturated/α-hetero) is 1. The maximum absolute atomic E-state index is 12.5.